The maximum Gasteiger partial charge on any atom is 0.118 e. The van der Waals surface area contributed by atoms with Crippen LogP contribution in [0.5, 0.6) is 5.75 Å². The fourth-order valence-electron chi connectivity index (χ4n) is 1.78. The molecule has 0 saturated carbocycles. The van der Waals surface area contributed by atoms with Gasteiger partial charge < -0.3 is 15.4 Å². The van der Waals surface area contributed by atoms with E-state index in [0.29, 0.717) is 5.92 Å². The van der Waals surface area contributed by atoms with E-state index >= 15 is 0 Å². The highest BCUT2D eigenvalue weighted by Gasteiger charge is 2.03. The quantitative estimate of drug-likeness (QED) is 0.768. The first-order valence-electron chi connectivity index (χ1n) is 6.67. The molecule has 0 aliphatic carbocycles. The van der Waals surface area contributed by atoms with Crippen LogP contribution < -0.4 is 10.5 Å². The second-order valence-corrected chi connectivity index (χ2v) is 5.03. The summed E-state index contributed by atoms with van der Waals surface area (Å²) >= 11 is 0. The molecule has 0 amide bonds. The molecule has 3 heteroatoms. The molecular formula is C15H26N2O. The van der Waals surface area contributed by atoms with Gasteiger partial charge in [-0.15, -0.1) is 0 Å². The summed E-state index contributed by atoms with van der Waals surface area (Å²) in [6.45, 7) is 5.20. The number of likely N-dealkylation sites (N-methyl/N-ethyl adjacent to an activating group) is 1. The molecule has 0 fully saturated rings. The molecule has 102 valence electrons. The van der Waals surface area contributed by atoms with Gasteiger partial charge in [0.25, 0.3) is 0 Å². The fourth-order valence-corrected chi connectivity index (χ4v) is 1.78. The summed E-state index contributed by atoms with van der Waals surface area (Å²) in [5.74, 6) is 1.54. The Morgan fingerprint density at radius 1 is 1.22 bits per heavy atom. The zero-order chi connectivity index (χ0) is 13.4. The van der Waals surface area contributed by atoms with Crippen LogP contribution in [0, 0.1) is 5.92 Å². The van der Waals surface area contributed by atoms with E-state index in [1.807, 2.05) is 12.1 Å². The molecular weight excluding hydrogens is 224 g/mol. The number of nitrogens with two attached hydrogens (primary N) is 1. The Kier molecular flexibility index (Phi) is 6.76. The molecule has 3 nitrogen and oxygen atoms in total. The molecule has 1 aromatic rings. The number of ether oxygens (including phenoxy) is 1. The van der Waals surface area contributed by atoms with E-state index in [4.69, 9.17) is 10.5 Å². The first-order valence-corrected chi connectivity index (χ1v) is 6.67. The van der Waals surface area contributed by atoms with Gasteiger partial charge in [0.15, 0.2) is 0 Å². The van der Waals surface area contributed by atoms with E-state index in [1.165, 1.54) is 12.0 Å². The first kappa shape index (κ1) is 15.0. The number of benzene rings is 1. The molecule has 1 rings (SSSR count). The Labute approximate surface area is 111 Å². The zero-order valence-electron chi connectivity index (χ0n) is 11.9. The van der Waals surface area contributed by atoms with E-state index in [9.17, 15) is 0 Å². The number of rotatable bonds is 8. The average molecular weight is 250 g/mol. The molecule has 18 heavy (non-hydrogen) atoms. The van der Waals surface area contributed by atoms with E-state index in [0.717, 1.165) is 31.8 Å². The van der Waals surface area contributed by atoms with Crippen LogP contribution in [0.4, 0.5) is 0 Å². The summed E-state index contributed by atoms with van der Waals surface area (Å²) in [6.07, 6.45) is 2.26. The van der Waals surface area contributed by atoms with Gasteiger partial charge in [-0.3, -0.25) is 0 Å². The SMILES string of the molecule is COc1ccc(CCN(C)CCC(C)CN)cc1. The van der Waals surface area contributed by atoms with Crippen LogP contribution in [-0.2, 0) is 6.42 Å². The lowest BCUT2D eigenvalue weighted by Crippen LogP contribution is -2.25. The van der Waals surface area contributed by atoms with Crippen LogP contribution in [0.15, 0.2) is 24.3 Å². The van der Waals surface area contributed by atoms with Crippen LogP contribution in [0.25, 0.3) is 0 Å². The van der Waals surface area contributed by atoms with Crippen molar-refractivity contribution in [1.29, 1.82) is 0 Å². The van der Waals surface area contributed by atoms with Gasteiger partial charge in [0.05, 0.1) is 7.11 Å². The van der Waals surface area contributed by atoms with Crippen molar-refractivity contribution < 1.29 is 4.74 Å². The summed E-state index contributed by atoms with van der Waals surface area (Å²) < 4.78 is 5.15. The van der Waals surface area contributed by atoms with Crippen molar-refractivity contribution >= 4 is 0 Å². The van der Waals surface area contributed by atoms with Crippen LogP contribution in [0.1, 0.15) is 18.9 Å². The summed E-state index contributed by atoms with van der Waals surface area (Å²) in [5.41, 5.74) is 6.98. The highest BCUT2D eigenvalue weighted by Crippen LogP contribution is 2.12. The second-order valence-electron chi connectivity index (χ2n) is 5.03. The molecule has 1 atom stereocenters. The molecule has 0 radical (unpaired) electrons. The average Bonchev–Trinajstić information content (AvgIpc) is 2.42. The highest BCUT2D eigenvalue weighted by atomic mass is 16.5. The molecule has 0 spiro atoms. The lowest BCUT2D eigenvalue weighted by molar-refractivity contribution is 0.310. The smallest absolute Gasteiger partial charge is 0.118 e. The summed E-state index contributed by atoms with van der Waals surface area (Å²) in [7, 11) is 3.87. The highest BCUT2D eigenvalue weighted by molar-refractivity contribution is 5.27. The Balaban J connectivity index is 2.26. The van der Waals surface area contributed by atoms with Gasteiger partial charge in [0.2, 0.25) is 0 Å². The van der Waals surface area contributed by atoms with Gasteiger partial charge in [-0.2, -0.15) is 0 Å². The Bertz CT molecular complexity index is 324. The number of hydrogen-bond donors (Lipinski definition) is 1. The summed E-state index contributed by atoms with van der Waals surface area (Å²) in [4.78, 5) is 2.37. The minimum absolute atomic E-state index is 0.619. The van der Waals surface area contributed by atoms with Crippen molar-refractivity contribution in [2.75, 3.05) is 33.8 Å². The third kappa shape index (κ3) is 5.52. The maximum absolute atomic E-state index is 5.62. The number of hydrogen-bond acceptors (Lipinski definition) is 3. The normalized spacial score (nSPS) is 12.7. The third-order valence-corrected chi connectivity index (χ3v) is 3.35. The van der Waals surface area contributed by atoms with E-state index < -0.39 is 0 Å². The predicted octanol–water partition coefficient (Wildman–Crippen LogP) is 2.15. The predicted molar refractivity (Wildman–Crippen MR) is 77.0 cm³/mol. The minimum Gasteiger partial charge on any atom is -0.497 e. The standard InChI is InChI=1S/C15H26N2O/c1-13(12-16)8-10-17(2)11-9-14-4-6-15(18-3)7-5-14/h4-7,13H,8-12,16H2,1-3H3. The lowest BCUT2D eigenvalue weighted by Gasteiger charge is -2.18. The van der Waals surface area contributed by atoms with Gasteiger partial charge in [0.1, 0.15) is 5.75 Å². The molecule has 1 unspecified atom stereocenters. The van der Waals surface area contributed by atoms with Gasteiger partial charge in [-0.05, 0) is 56.6 Å². The van der Waals surface area contributed by atoms with Gasteiger partial charge in [-0.25, -0.2) is 0 Å². The molecule has 0 aromatic heterocycles. The zero-order valence-corrected chi connectivity index (χ0v) is 11.9. The molecule has 0 saturated heterocycles. The topological polar surface area (TPSA) is 38.5 Å². The van der Waals surface area contributed by atoms with E-state index in [2.05, 4.69) is 31.0 Å². The van der Waals surface area contributed by atoms with Crippen LogP contribution in [-0.4, -0.2) is 38.7 Å². The number of methoxy groups -OCH3 is 1. The second kappa shape index (κ2) is 8.11. The van der Waals surface area contributed by atoms with Gasteiger partial charge >= 0.3 is 0 Å². The molecule has 0 bridgehead atoms. The van der Waals surface area contributed by atoms with Crippen LogP contribution in [0.2, 0.25) is 0 Å². The van der Waals surface area contributed by atoms with Crippen molar-refractivity contribution in [1.82, 2.24) is 4.90 Å². The van der Waals surface area contributed by atoms with Crippen molar-refractivity contribution in [2.24, 2.45) is 11.7 Å². The molecule has 2 N–H and O–H groups in total. The molecule has 1 aromatic carbocycles. The van der Waals surface area contributed by atoms with Gasteiger partial charge in [0, 0.05) is 6.54 Å². The molecule has 0 heterocycles. The largest absolute Gasteiger partial charge is 0.497 e. The van der Waals surface area contributed by atoms with Crippen molar-refractivity contribution in [3.05, 3.63) is 29.8 Å². The Morgan fingerprint density at radius 2 is 1.89 bits per heavy atom. The monoisotopic (exact) mass is 250 g/mol. The van der Waals surface area contributed by atoms with Crippen LogP contribution >= 0.6 is 0 Å². The van der Waals surface area contributed by atoms with Crippen LogP contribution in [0.3, 0.4) is 0 Å². The van der Waals surface area contributed by atoms with E-state index in [1.54, 1.807) is 7.11 Å². The van der Waals surface area contributed by atoms with Crippen molar-refractivity contribution in [3.63, 3.8) is 0 Å². The number of nitrogens with zero attached hydrogens (tertiary/aromatic N) is 1. The minimum atomic E-state index is 0.619. The van der Waals surface area contributed by atoms with E-state index in [-0.39, 0.29) is 0 Å². The molecule has 0 aliphatic rings. The Morgan fingerprint density at radius 3 is 2.44 bits per heavy atom. The maximum atomic E-state index is 5.62. The molecule has 0 aliphatic heterocycles. The van der Waals surface area contributed by atoms with Crippen molar-refractivity contribution in [3.8, 4) is 5.75 Å². The summed E-state index contributed by atoms with van der Waals surface area (Å²) in [6, 6.07) is 8.31. The van der Waals surface area contributed by atoms with Crippen molar-refractivity contribution in [2.45, 2.75) is 19.8 Å². The third-order valence-electron chi connectivity index (χ3n) is 3.35. The summed E-state index contributed by atoms with van der Waals surface area (Å²) in [5, 5.41) is 0. The first-order chi connectivity index (χ1) is 8.65. The Hall–Kier alpha value is -1.06. The van der Waals surface area contributed by atoms with Gasteiger partial charge in [-0.1, -0.05) is 19.1 Å². The lowest BCUT2D eigenvalue weighted by atomic mass is 10.1. The fraction of sp³-hybridized carbons (Fsp3) is 0.600.